The van der Waals surface area contributed by atoms with Crippen molar-refractivity contribution >= 4 is 5.82 Å². The quantitative estimate of drug-likeness (QED) is 0.930. The predicted molar refractivity (Wildman–Crippen MR) is 86.7 cm³/mol. The lowest BCUT2D eigenvalue weighted by Gasteiger charge is -2.18. The average molecular weight is 300 g/mol. The number of anilines is 1. The molecule has 0 aromatic carbocycles. The van der Waals surface area contributed by atoms with Crippen LogP contribution in [0.15, 0.2) is 18.7 Å². The molecule has 3 rings (SSSR count). The molecule has 6 nitrogen and oxygen atoms in total. The first-order chi connectivity index (χ1) is 10.6. The predicted octanol–water partition coefficient (Wildman–Crippen LogP) is 1.63. The third-order valence-electron chi connectivity index (χ3n) is 3.97. The Hall–Kier alpha value is -1.95. The van der Waals surface area contributed by atoms with Crippen molar-refractivity contribution in [2.24, 2.45) is 7.05 Å². The highest BCUT2D eigenvalue weighted by Gasteiger charge is 2.19. The first kappa shape index (κ1) is 15.0. The lowest BCUT2D eigenvalue weighted by Crippen LogP contribution is -2.25. The van der Waals surface area contributed by atoms with Crippen molar-refractivity contribution in [1.82, 2.24) is 24.6 Å². The Morgan fingerprint density at radius 2 is 2.05 bits per heavy atom. The number of nitrogens with one attached hydrogen (secondary N) is 1. The van der Waals surface area contributed by atoms with Crippen LogP contribution in [0.4, 0.5) is 5.82 Å². The second-order valence-corrected chi connectivity index (χ2v) is 6.24. The van der Waals surface area contributed by atoms with Crippen molar-refractivity contribution < 1.29 is 0 Å². The van der Waals surface area contributed by atoms with Crippen molar-refractivity contribution in [1.29, 1.82) is 0 Å². The highest BCUT2D eigenvalue weighted by atomic mass is 15.2. The molecule has 0 fully saturated rings. The minimum atomic E-state index is 0.383. The van der Waals surface area contributed by atoms with Crippen LogP contribution in [-0.4, -0.2) is 43.8 Å². The Labute approximate surface area is 131 Å². The van der Waals surface area contributed by atoms with E-state index in [9.17, 15) is 0 Å². The molecule has 1 N–H and O–H groups in total. The molecule has 0 atom stereocenters. The van der Waals surface area contributed by atoms with Crippen LogP contribution in [0.3, 0.4) is 0 Å². The summed E-state index contributed by atoms with van der Waals surface area (Å²) in [7, 11) is 1.96. The highest BCUT2D eigenvalue weighted by molar-refractivity contribution is 5.47. The minimum Gasteiger partial charge on any atom is -0.368 e. The van der Waals surface area contributed by atoms with Gasteiger partial charge in [-0.15, -0.1) is 0 Å². The molecule has 2 aromatic heterocycles. The van der Waals surface area contributed by atoms with Gasteiger partial charge in [0.05, 0.1) is 11.9 Å². The lowest BCUT2D eigenvalue weighted by molar-refractivity contribution is 0.279. The maximum atomic E-state index is 4.50. The maximum absolute atomic E-state index is 4.50. The molecular weight excluding hydrogens is 276 g/mol. The molecule has 0 unspecified atom stereocenters. The fraction of sp³-hybridized carbons (Fsp3) is 0.562. The Morgan fingerprint density at radius 3 is 2.77 bits per heavy atom. The van der Waals surface area contributed by atoms with E-state index in [1.807, 2.05) is 17.9 Å². The number of rotatable bonds is 4. The van der Waals surface area contributed by atoms with Gasteiger partial charge in [-0.05, 0) is 20.3 Å². The molecule has 0 saturated carbocycles. The van der Waals surface area contributed by atoms with Gasteiger partial charge in [0.25, 0.3) is 0 Å². The zero-order chi connectivity index (χ0) is 15.5. The van der Waals surface area contributed by atoms with Crippen LogP contribution in [0.1, 0.15) is 30.7 Å². The molecule has 0 spiro atoms. The Balaban J connectivity index is 1.72. The van der Waals surface area contributed by atoms with Crippen LogP contribution in [-0.2, 0) is 26.4 Å². The second-order valence-electron chi connectivity index (χ2n) is 6.24. The minimum absolute atomic E-state index is 0.383. The van der Waals surface area contributed by atoms with Crippen LogP contribution in [0.2, 0.25) is 0 Å². The normalized spacial score (nSPS) is 15.6. The van der Waals surface area contributed by atoms with Gasteiger partial charge in [0.15, 0.2) is 0 Å². The number of hydrogen-bond donors (Lipinski definition) is 1. The Morgan fingerprint density at radius 1 is 1.23 bits per heavy atom. The van der Waals surface area contributed by atoms with Crippen LogP contribution in [0.5, 0.6) is 0 Å². The van der Waals surface area contributed by atoms with E-state index in [1.165, 1.54) is 16.8 Å². The molecule has 0 saturated heterocycles. The number of aromatic nitrogens is 4. The summed E-state index contributed by atoms with van der Waals surface area (Å²) in [5.41, 5.74) is 3.73. The van der Waals surface area contributed by atoms with E-state index in [2.05, 4.69) is 45.3 Å². The maximum Gasteiger partial charge on any atom is 0.133 e. The van der Waals surface area contributed by atoms with E-state index < -0.39 is 0 Å². The molecule has 1 aliphatic heterocycles. The number of fused-ring (bicyclic) bond motifs is 1. The molecule has 0 amide bonds. The summed E-state index contributed by atoms with van der Waals surface area (Å²) in [5.74, 6) is 1.00. The van der Waals surface area contributed by atoms with Gasteiger partial charge in [0.2, 0.25) is 0 Å². The van der Waals surface area contributed by atoms with Crippen molar-refractivity contribution in [2.75, 3.05) is 18.4 Å². The summed E-state index contributed by atoms with van der Waals surface area (Å²) in [6.07, 6.45) is 7.68. The van der Waals surface area contributed by atoms with Gasteiger partial charge in [0.1, 0.15) is 12.1 Å². The first-order valence-corrected chi connectivity index (χ1v) is 7.91. The van der Waals surface area contributed by atoms with E-state index in [-0.39, 0.29) is 0 Å². The first-order valence-electron chi connectivity index (χ1n) is 7.91. The Kier molecular flexibility index (Phi) is 4.38. The standard InChI is InChI=1S/C16H24N6/c1-12(2)20-16-14-4-6-22(7-5-15(14)17-11-18-16)10-13-8-19-21(3)9-13/h8-9,11-12H,4-7,10H2,1-3H3,(H,17,18,20). The molecule has 6 heteroatoms. The summed E-state index contributed by atoms with van der Waals surface area (Å²) < 4.78 is 1.86. The van der Waals surface area contributed by atoms with E-state index >= 15 is 0 Å². The smallest absolute Gasteiger partial charge is 0.133 e. The highest BCUT2D eigenvalue weighted by Crippen LogP contribution is 2.21. The van der Waals surface area contributed by atoms with Gasteiger partial charge in [-0.1, -0.05) is 0 Å². The van der Waals surface area contributed by atoms with E-state index in [4.69, 9.17) is 0 Å². The zero-order valence-corrected chi connectivity index (χ0v) is 13.6. The topological polar surface area (TPSA) is 58.9 Å². The van der Waals surface area contributed by atoms with Gasteiger partial charge in [-0.2, -0.15) is 5.10 Å². The molecule has 0 bridgehead atoms. The van der Waals surface area contributed by atoms with Crippen LogP contribution >= 0.6 is 0 Å². The van der Waals surface area contributed by atoms with Gasteiger partial charge >= 0.3 is 0 Å². The molecule has 22 heavy (non-hydrogen) atoms. The van der Waals surface area contributed by atoms with Gasteiger partial charge < -0.3 is 5.32 Å². The van der Waals surface area contributed by atoms with E-state index in [0.29, 0.717) is 6.04 Å². The average Bonchev–Trinajstić information content (AvgIpc) is 2.76. The fourth-order valence-corrected chi connectivity index (χ4v) is 2.94. The summed E-state index contributed by atoms with van der Waals surface area (Å²) in [6.45, 7) is 7.28. The fourth-order valence-electron chi connectivity index (χ4n) is 2.94. The number of hydrogen-bond acceptors (Lipinski definition) is 5. The van der Waals surface area contributed by atoms with E-state index in [0.717, 1.165) is 38.3 Å². The molecule has 2 aromatic rings. The van der Waals surface area contributed by atoms with Crippen LogP contribution < -0.4 is 5.32 Å². The molecule has 3 heterocycles. The number of aryl methyl sites for hydroxylation is 1. The monoisotopic (exact) mass is 300 g/mol. The van der Waals surface area contributed by atoms with Crippen LogP contribution in [0.25, 0.3) is 0 Å². The third-order valence-corrected chi connectivity index (χ3v) is 3.97. The molecule has 1 aliphatic rings. The van der Waals surface area contributed by atoms with Crippen molar-refractivity contribution in [3.8, 4) is 0 Å². The van der Waals surface area contributed by atoms with Crippen molar-refractivity contribution in [2.45, 2.75) is 39.3 Å². The van der Waals surface area contributed by atoms with Crippen LogP contribution in [0, 0.1) is 0 Å². The summed E-state index contributed by atoms with van der Waals surface area (Å²) in [6, 6.07) is 0.383. The lowest BCUT2D eigenvalue weighted by atomic mass is 10.1. The molecule has 118 valence electrons. The molecule has 0 aliphatic carbocycles. The Bertz CT molecular complexity index is 633. The summed E-state index contributed by atoms with van der Waals surface area (Å²) in [5, 5.41) is 7.70. The van der Waals surface area contributed by atoms with Gasteiger partial charge in [0, 0.05) is 56.5 Å². The number of nitrogens with zero attached hydrogens (tertiary/aromatic N) is 5. The summed E-state index contributed by atoms with van der Waals surface area (Å²) in [4.78, 5) is 11.4. The van der Waals surface area contributed by atoms with Gasteiger partial charge in [-0.3, -0.25) is 9.58 Å². The van der Waals surface area contributed by atoms with Crippen molar-refractivity contribution in [3.63, 3.8) is 0 Å². The zero-order valence-electron chi connectivity index (χ0n) is 13.6. The second kappa shape index (κ2) is 6.44. The SMILES string of the molecule is CC(C)Nc1ncnc2c1CCN(Cc1cnn(C)c1)CC2. The molecular formula is C16H24N6. The largest absolute Gasteiger partial charge is 0.368 e. The third kappa shape index (κ3) is 3.44. The summed E-state index contributed by atoms with van der Waals surface area (Å²) >= 11 is 0. The van der Waals surface area contributed by atoms with Crippen molar-refractivity contribution in [3.05, 3.63) is 35.5 Å². The molecule has 0 radical (unpaired) electrons. The van der Waals surface area contributed by atoms with Gasteiger partial charge in [-0.25, -0.2) is 9.97 Å². The van der Waals surface area contributed by atoms with E-state index in [1.54, 1.807) is 6.33 Å².